The van der Waals surface area contributed by atoms with E-state index in [1.807, 2.05) is 27.7 Å². The minimum atomic E-state index is -4.38. The zero-order chi connectivity index (χ0) is 15.6. The first-order valence-electron chi connectivity index (χ1n) is 6.83. The lowest BCUT2D eigenvalue weighted by Crippen LogP contribution is -2.51. The zero-order valence-corrected chi connectivity index (χ0v) is 12.5. The van der Waals surface area contributed by atoms with E-state index in [0.29, 0.717) is 0 Å². The van der Waals surface area contributed by atoms with Crippen LogP contribution in [0.25, 0.3) is 0 Å². The molecule has 1 rings (SSSR count). The summed E-state index contributed by atoms with van der Waals surface area (Å²) in [6, 6.07) is 4.85. The second-order valence-electron chi connectivity index (χ2n) is 5.39. The van der Waals surface area contributed by atoms with E-state index in [4.69, 9.17) is 5.73 Å². The fourth-order valence-corrected chi connectivity index (χ4v) is 2.64. The van der Waals surface area contributed by atoms with Crippen molar-refractivity contribution in [1.29, 1.82) is 0 Å². The summed E-state index contributed by atoms with van der Waals surface area (Å²) in [6.07, 6.45) is -4.38. The van der Waals surface area contributed by atoms with Crippen molar-refractivity contribution in [2.45, 2.75) is 45.5 Å². The first kappa shape index (κ1) is 17.0. The van der Waals surface area contributed by atoms with Gasteiger partial charge in [0.2, 0.25) is 0 Å². The van der Waals surface area contributed by atoms with Gasteiger partial charge in [0.05, 0.1) is 5.56 Å². The Morgan fingerprint density at radius 1 is 1.10 bits per heavy atom. The van der Waals surface area contributed by atoms with E-state index in [0.717, 1.165) is 19.2 Å². The van der Waals surface area contributed by atoms with E-state index in [9.17, 15) is 13.2 Å². The van der Waals surface area contributed by atoms with Gasteiger partial charge in [-0.15, -0.1) is 0 Å². The van der Waals surface area contributed by atoms with E-state index in [1.165, 1.54) is 12.1 Å². The van der Waals surface area contributed by atoms with Crippen LogP contribution in [0.1, 0.15) is 44.9 Å². The quantitative estimate of drug-likeness (QED) is 0.892. The molecule has 0 bridgehead atoms. The fraction of sp³-hybridized carbons (Fsp3) is 0.600. The minimum Gasteiger partial charge on any atom is -0.322 e. The average Bonchev–Trinajstić information content (AvgIpc) is 2.38. The lowest BCUT2D eigenvalue weighted by Gasteiger charge is -2.42. The van der Waals surface area contributed by atoms with Gasteiger partial charge in [0.1, 0.15) is 0 Å². The van der Waals surface area contributed by atoms with E-state index >= 15 is 0 Å². The zero-order valence-electron chi connectivity index (χ0n) is 12.5. The van der Waals surface area contributed by atoms with E-state index < -0.39 is 23.3 Å². The Morgan fingerprint density at radius 2 is 1.60 bits per heavy atom. The summed E-state index contributed by atoms with van der Waals surface area (Å²) in [6.45, 7) is 9.22. The highest BCUT2D eigenvalue weighted by Gasteiger charge is 2.39. The SMILES string of the molecule is CCN(CC)C(C)(C)C(N)c1ccccc1C(F)(F)F. The Kier molecular flexibility index (Phi) is 5.21. The lowest BCUT2D eigenvalue weighted by molar-refractivity contribution is -0.138. The normalized spacial score (nSPS) is 14.7. The van der Waals surface area contributed by atoms with E-state index in [-0.39, 0.29) is 5.56 Å². The summed E-state index contributed by atoms with van der Waals surface area (Å²) in [5.74, 6) is 0. The van der Waals surface area contributed by atoms with Crippen molar-refractivity contribution in [3.8, 4) is 0 Å². The minimum absolute atomic E-state index is 0.150. The van der Waals surface area contributed by atoms with Crippen molar-refractivity contribution in [1.82, 2.24) is 4.90 Å². The second-order valence-corrected chi connectivity index (χ2v) is 5.39. The highest BCUT2D eigenvalue weighted by atomic mass is 19.4. The van der Waals surface area contributed by atoms with Gasteiger partial charge in [0.25, 0.3) is 0 Å². The van der Waals surface area contributed by atoms with Crippen LogP contribution in [0.2, 0.25) is 0 Å². The number of halogens is 3. The van der Waals surface area contributed by atoms with Gasteiger partial charge in [-0.2, -0.15) is 13.2 Å². The van der Waals surface area contributed by atoms with Crippen LogP contribution in [0.4, 0.5) is 13.2 Å². The Balaban J connectivity index is 3.25. The molecule has 0 radical (unpaired) electrons. The number of hydrogen-bond acceptors (Lipinski definition) is 2. The number of nitrogens with zero attached hydrogens (tertiary/aromatic N) is 1. The number of benzene rings is 1. The molecule has 0 aliphatic carbocycles. The first-order valence-corrected chi connectivity index (χ1v) is 6.83. The molecule has 1 aromatic rings. The summed E-state index contributed by atoms with van der Waals surface area (Å²) in [5.41, 5.74) is 5.13. The third kappa shape index (κ3) is 3.33. The van der Waals surface area contributed by atoms with Gasteiger partial charge in [-0.3, -0.25) is 4.90 Å². The first-order chi connectivity index (χ1) is 9.16. The maximum absolute atomic E-state index is 13.1. The molecule has 2 N–H and O–H groups in total. The van der Waals surface area contributed by atoms with Gasteiger partial charge in [0, 0.05) is 11.6 Å². The Bertz CT molecular complexity index is 437. The molecule has 20 heavy (non-hydrogen) atoms. The molecule has 0 aromatic heterocycles. The molecule has 2 nitrogen and oxygen atoms in total. The molecule has 1 unspecified atom stereocenters. The standard InChI is InChI=1S/C15H23F3N2/c1-5-20(6-2)14(3,4)13(19)11-9-7-8-10-12(11)15(16,17)18/h7-10,13H,5-6,19H2,1-4H3. The maximum atomic E-state index is 13.1. The monoisotopic (exact) mass is 288 g/mol. The van der Waals surface area contributed by atoms with Crippen LogP contribution in [0.5, 0.6) is 0 Å². The largest absolute Gasteiger partial charge is 0.416 e. The predicted molar refractivity (Wildman–Crippen MR) is 75.4 cm³/mol. The summed E-state index contributed by atoms with van der Waals surface area (Å²) < 4.78 is 39.3. The van der Waals surface area contributed by atoms with Crippen molar-refractivity contribution in [3.05, 3.63) is 35.4 Å². The van der Waals surface area contributed by atoms with Crippen LogP contribution in [0.15, 0.2) is 24.3 Å². The topological polar surface area (TPSA) is 29.3 Å². The maximum Gasteiger partial charge on any atom is 0.416 e. The van der Waals surface area contributed by atoms with Crippen LogP contribution >= 0.6 is 0 Å². The number of rotatable bonds is 5. The number of hydrogen-bond donors (Lipinski definition) is 1. The summed E-state index contributed by atoms with van der Waals surface area (Å²) >= 11 is 0. The van der Waals surface area contributed by atoms with Crippen molar-refractivity contribution in [3.63, 3.8) is 0 Å². The molecule has 0 fully saturated rings. The lowest BCUT2D eigenvalue weighted by atomic mass is 9.85. The van der Waals surface area contributed by atoms with Crippen molar-refractivity contribution in [2.75, 3.05) is 13.1 Å². The molecular weight excluding hydrogens is 265 g/mol. The summed E-state index contributed by atoms with van der Waals surface area (Å²) in [7, 11) is 0. The van der Waals surface area contributed by atoms with Crippen molar-refractivity contribution in [2.24, 2.45) is 5.73 Å². The number of alkyl halides is 3. The van der Waals surface area contributed by atoms with Gasteiger partial charge in [-0.05, 0) is 38.6 Å². The van der Waals surface area contributed by atoms with Crippen LogP contribution in [-0.4, -0.2) is 23.5 Å². The van der Waals surface area contributed by atoms with E-state index in [1.54, 1.807) is 6.07 Å². The molecule has 5 heteroatoms. The number of nitrogens with two attached hydrogens (primary N) is 1. The van der Waals surface area contributed by atoms with Crippen LogP contribution in [0, 0.1) is 0 Å². The highest BCUT2D eigenvalue weighted by Crippen LogP contribution is 2.38. The Hall–Kier alpha value is -1.07. The molecule has 1 aromatic carbocycles. The van der Waals surface area contributed by atoms with Crippen LogP contribution in [0.3, 0.4) is 0 Å². The summed E-state index contributed by atoms with van der Waals surface area (Å²) in [5, 5.41) is 0. The molecule has 0 saturated heterocycles. The second kappa shape index (κ2) is 6.14. The van der Waals surface area contributed by atoms with E-state index in [2.05, 4.69) is 4.90 Å². The smallest absolute Gasteiger partial charge is 0.322 e. The molecule has 114 valence electrons. The molecule has 0 heterocycles. The Labute approximate surface area is 118 Å². The van der Waals surface area contributed by atoms with Gasteiger partial charge in [0.15, 0.2) is 0 Å². The molecular formula is C15H23F3N2. The fourth-order valence-electron chi connectivity index (χ4n) is 2.64. The summed E-state index contributed by atoms with van der Waals surface area (Å²) in [4.78, 5) is 2.07. The average molecular weight is 288 g/mol. The third-order valence-electron chi connectivity index (χ3n) is 3.94. The Morgan fingerprint density at radius 3 is 2.05 bits per heavy atom. The molecule has 0 aliphatic rings. The highest BCUT2D eigenvalue weighted by molar-refractivity contribution is 5.34. The van der Waals surface area contributed by atoms with Gasteiger partial charge in [-0.1, -0.05) is 32.0 Å². The van der Waals surface area contributed by atoms with Crippen LogP contribution < -0.4 is 5.73 Å². The predicted octanol–water partition coefficient (Wildman–Crippen LogP) is 3.83. The van der Waals surface area contributed by atoms with Gasteiger partial charge in [-0.25, -0.2) is 0 Å². The molecule has 0 spiro atoms. The van der Waals surface area contributed by atoms with Gasteiger partial charge >= 0.3 is 6.18 Å². The number of likely N-dealkylation sites (N-methyl/N-ethyl adjacent to an activating group) is 1. The van der Waals surface area contributed by atoms with Crippen molar-refractivity contribution < 1.29 is 13.2 Å². The molecule has 1 atom stereocenters. The van der Waals surface area contributed by atoms with Crippen molar-refractivity contribution >= 4 is 0 Å². The molecule has 0 aliphatic heterocycles. The molecule has 0 amide bonds. The third-order valence-corrected chi connectivity index (χ3v) is 3.94. The van der Waals surface area contributed by atoms with Gasteiger partial charge < -0.3 is 5.73 Å². The van der Waals surface area contributed by atoms with Crippen LogP contribution in [-0.2, 0) is 6.18 Å². The molecule has 0 saturated carbocycles.